The van der Waals surface area contributed by atoms with Crippen molar-refractivity contribution in [3.05, 3.63) is 53.8 Å². The van der Waals surface area contributed by atoms with Gasteiger partial charge in [0.05, 0.1) is 13.2 Å². The molecule has 0 aromatic heterocycles. The van der Waals surface area contributed by atoms with Crippen LogP contribution in [0.1, 0.15) is 24.2 Å². The molecule has 5 heteroatoms. The van der Waals surface area contributed by atoms with Crippen LogP contribution in [0.15, 0.2) is 42.5 Å². The molecule has 2 rings (SSSR count). The molecule has 0 unspecified atom stereocenters. The average Bonchev–Trinajstić information content (AvgIpc) is 2.54. The molecule has 122 valence electrons. The van der Waals surface area contributed by atoms with E-state index < -0.39 is 0 Å². The Balaban J connectivity index is 2.05. The lowest BCUT2D eigenvalue weighted by Gasteiger charge is -2.14. The molecule has 0 amide bonds. The van der Waals surface area contributed by atoms with Crippen LogP contribution in [-0.2, 0) is 0 Å². The van der Waals surface area contributed by atoms with Gasteiger partial charge in [-0.2, -0.15) is 0 Å². The largest absolute Gasteiger partial charge is 0.493 e. The summed E-state index contributed by atoms with van der Waals surface area (Å²) in [5.74, 6) is 0.953. The first-order valence-corrected chi connectivity index (χ1v) is 7.26. The fraction of sp³-hybridized carbons (Fsp3) is 0.278. The molecule has 0 heterocycles. The van der Waals surface area contributed by atoms with E-state index in [1.165, 1.54) is 31.4 Å². The minimum absolute atomic E-state index is 0.00672. The molecule has 0 aliphatic rings. The van der Waals surface area contributed by atoms with Gasteiger partial charge in [0.15, 0.2) is 23.9 Å². The van der Waals surface area contributed by atoms with Gasteiger partial charge in [0.2, 0.25) is 0 Å². The van der Waals surface area contributed by atoms with E-state index in [-0.39, 0.29) is 24.3 Å². The Hall–Kier alpha value is -2.56. The number of methoxy groups -OCH3 is 1. The van der Waals surface area contributed by atoms with Gasteiger partial charge < -0.3 is 14.2 Å². The molecule has 0 radical (unpaired) electrons. The van der Waals surface area contributed by atoms with Crippen molar-refractivity contribution in [3.63, 3.8) is 0 Å². The van der Waals surface area contributed by atoms with Gasteiger partial charge in [-0.15, -0.1) is 0 Å². The summed E-state index contributed by atoms with van der Waals surface area (Å²) in [5.41, 5.74) is 0.458. The molecule has 2 aromatic rings. The van der Waals surface area contributed by atoms with E-state index in [2.05, 4.69) is 0 Å². The van der Waals surface area contributed by atoms with Gasteiger partial charge in [-0.25, -0.2) is 4.39 Å². The Morgan fingerprint density at radius 1 is 1.09 bits per heavy atom. The highest BCUT2D eigenvalue weighted by Gasteiger charge is 2.13. The second kappa shape index (κ2) is 7.63. The number of hydrogen-bond donors (Lipinski definition) is 0. The van der Waals surface area contributed by atoms with Crippen molar-refractivity contribution in [1.29, 1.82) is 0 Å². The van der Waals surface area contributed by atoms with Crippen molar-refractivity contribution in [2.45, 2.75) is 20.0 Å². The minimum atomic E-state index is -0.353. The number of ether oxygens (including phenoxy) is 3. The maximum atomic E-state index is 12.8. The highest BCUT2D eigenvalue weighted by Crippen LogP contribution is 2.29. The lowest BCUT2D eigenvalue weighted by Crippen LogP contribution is -2.12. The first kappa shape index (κ1) is 16.8. The van der Waals surface area contributed by atoms with Gasteiger partial charge in [0.25, 0.3) is 0 Å². The minimum Gasteiger partial charge on any atom is -0.493 e. The fourth-order valence-electron chi connectivity index (χ4n) is 1.96. The van der Waals surface area contributed by atoms with Crippen molar-refractivity contribution < 1.29 is 23.4 Å². The number of rotatable bonds is 7. The first-order valence-electron chi connectivity index (χ1n) is 7.26. The second-order valence-electron chi connectivity index (χ2n) is 5.20. The van der Waals surface area contributed by atoms with E-state index in [1.807, 2.05) is 13.8 Å². The normalized spacial score (nSPS) is 10.5. The second-order valence-corrected chi connectivity index (χ2v) is 5.20. The van der Waals surface area contributed by atoms with Crippen LogP contribution in [0.2, 0.25) is 0 Å². The zero-order valence-electron chi connectivity index (χ0n) is 13.3. The molecule has 0 aliphatic heterocycles. The third-order valence-electron chi connectivity index (χ3n) is 3.03. The Morgan fingerprint density at radius 2 is 1.78 bits per heavy atom. The summed E-state index contributed by atoms with van der Waals surface area (Å²) >= 11 is 0. The topological polar surface area (TPSA) is 44.8 Å². The van der Waals surface area contributed by atoms with E-state index in [1.54, 1.807) is 18.2 Å². The third-order valence-corrected chi connectivity index (χ3v) is 3.03. The van der Waals surface area contributed by atoms with Crippen LogP contribution in [0.25, 0.3) is 0 Å². The molecule has 0 aliphatic carbocycles. The SMILES string of the molecule is COc1cc(C(=O)COc2ccc(F)cc2)ccc1OC(C)C. The lowest BCUT2D eigenvalue weighted by molar-refractivity contribution is 0.0921. The van der Waals surface area contributed by atoms with Crippen LogP contribution >= 0.6 is 0 Å². The van der Waals surface area contributed by atoms with Crippen molar-refractivity contribution >= 4 is 5.78 Å². The average molecular weight is 318 g/mol. The highest BCUT2D eigenvalue weighted by molar-refractivity contribution is 5.97. The molecule has 0 bridgehead atoms. The van der Waals surface area contributed by atoms with Gasteiger partial charge in [-0.05, 0) is 56.3 Å². The summed E-state index contributed by atoms with van der Waals surface area (Å²) in [6.45, 7) is 3.68. The lowest BCUT2D eigenvalue weighted by atomic mass is 10.1. The monoisotopic (exact) mass is 318 g/mol. The fourth-order valence-corrected chi connectivity index (χ4v) is 1.96. The molecular formula is C18H19FO4. The number of hydrogen-bond acceptors (Lipinski definition) is 4. The highest BCUT2D eigenvalue weighted by atomic mass is 19.1. The molecule has 0 fully saturated rings. The molecular weight excluding hydrogens is 299 g/mol. The van der Waals surface area contributed by atoms with E-state index in [9.17, 15) is 9.18 Å². The van der Waals surface area contributed by atoms with E-state index in [0.29, 0.717) is 22.8 Å². The van der Waals surface area contributed by atoms with Gasteiger partial charge in [-0.1, -0.05) is 0 Å². The molecule has 0 N–H and O–H groups in total. The number of ketones is 1. The first-order chi connectivity index (χ1) is 11.0. The molecule has 4 nitrogen and oxygen atoms in total. The van der Waals surface area contributed by atoms with Gasteiger partial charge >= 0.3 is 0 Å². The summed E-state index contributed by atoms with van der Waals surface area (Å²) < 4.78 is 29.0. The Bertz CT molecular complexity index is 665. The number of carbonyl (C=O) groups excluding carboxylic acids is 1. The number of benzene rings is 2. The van der Waals surface area contributed by atoms with E-state index >= 15 is 0 Å². The van der Waals surface area contributed by atoms with E-state index in [0.717, 1.165) is 0 Å². The Kier molecular flexibility index (Phi) is 5.57. The van der Waals surface area contributed by atoms with Crippen LogP contribution in [-0.4, -0.2) is 25.6 Å². The smallest absolute Gasteiger partial charge is 0.200 e. The van der Waals surface area contributed by atoms with Crippen LogP contribution in [0.5, 0.6) is 17.2 Å². The third kappa shape index (κ3) is 4.71. The number of carbonyl (C=O) groups is 1. The molecule has 2 aromatic carbocycles. The number of halogens is 1. The summed E-state index contributed by atoms with van der Waals surface area (Å²) in [5, 5.41) is 0. The molecule has 0 atom stereocenters. The van der Waals surface area contributed by atoms with Crippen molar-refractivity contribution in [3.8, 4) is 17.2 Å². The van der Waals surface area contributed by atoms with Crippen molar-refractivity contribution in [1.82, 2.24) is 0 Å². The summed E-state index contributed by atoms with van der Waals surface area (Å²) in [6.07, 6.45) is 0.00672. The molecule has 0 saturated heterocycles. The van der Waals surface area contributed by atoms with Crippen LogP contribution in [0, 0.1) is 5.82 Å². The van der Waals surface area contributed by atoms with Crippen molar-refractivity contribution in [2.24, 2.45) is 0 Å². The Labute approximate surface area is 134 Å². The van der Waals surface area contributed by atoms with Gasteiger partial charge in [0, 0.05) is 5.56 Å². The maximum Gasteiger partial charge on any atom is 0.200 e. The van der Waals surface area contributed by atoms with Crippen LogP contribution < -0.4 is 14.2 Å². The molecule has 0 spiro atoms. The zero-order valence-corrected chi connectivity index (χ0v) is 13.3. The summed E-state index contributed by atoms with van der Waals surface area (Å²) in [6, 6.07) is 10.5. The Morgan fingerprint density at radius 3 is 2.39 bits per heavy atom. The predicted molar refractivity (Wildman–Crippen MR) is 85.0 cm³/mol. The van der Waals surface area contributed by atoms with Crippen LogP contribution in [0.3, 0.4) is 0 Å². The number of Topliss-reactive ketones (excluding diaryl/α,β-unsaturated/α-hetero) is 1. The summed E-state index contributed by atoms with van der Waals surface area (Å²) in [7, 11) is 1.52. The predicted octanol–water partition coefficient (Wildman–Crippen LogP) is 3.88. The van der Waals surface area contributed by atoms with Crippen molar-refractivity contribution in [2.75, 3.05) is 13.7 Å². The summed E-state index contributed by atoms with van der Waals surface area (Å²) in [4.78, 5) is 12.2. The molecule has 23 heavy (non-hydrogen) atoms. The molecule has 0 saturated carbocycles. The van der Waals surface area contributed by atoms with Crippen LogP contribution in [0.4, 0.5) is 4.39 Å². The zero-order chi connectivity index (χ0) is 16.8. The standard InChI is InChI=1S/C18H19FO4/c1-12(2)23-17-9-4-13(10-18(17)21-3)16(20)11-22-15-7-5-14(19)6-8-15/h4-10,12H,11H2,1-3H3. The van der Waals surface area contributed by atoms with Gasteiger partial charge in [-0.3, -0.25) is 4.79 Å². The van der Waals surface area contributed by atoms with Gasteiger partial charge in [0.1, 0.15) is 11.6 Å². The maximum absolute atomic E-state index is 12.8. The van der Waals surface area contributed by atoms with E-state index in [4.69, 9.17) is 14.2 Å². The quantitative estimate of drug-likeness (QED) is 0.727.